The molecular formula is C36H36ClFN6O4. The SMILES string of the molecule is COc1ccc(Cn2nncc2CNCc2ccc(-c3ccc(N4CC(CN(C(C)=O)c5ccccc5)OC4=O)cc3F)cc2)cc1.Cl. The lowest BCUT2D eigenvalue weighted by molar-refractivity contribution is -0.116. The topological polar surface area (TPSA) is 102 Å². The predicted molar refractivity (Wildman–Crippen MR) is 184 cm³/mol. The number of ether oxygens (including phenoxy) is 2. The number of anilines is 2. The van der Waals surface area contributed by atoms with E-state index >= 15 is 4.39 Å². The average Bonchev–Trinajstić information content (AvgIpc) is 3.69. The van der Waals surface area contributed by atoms with Gasteiger partial charge in [-0.15, -0.1) is 17.5 Å². The zero-order valence-corrected chi connectivity index (χ0v) is 27.4. The summed E-state index contributed by atoms with van der Waals surface area (Å²) >= 11 is 0. The molecule has 4 aromatic carbocycles. The molecule has 12 heteroatoms. The van der Waals surface area contributed by atoms with Crippen LogP contribution >= 0.6 is 12.4 Å². The Morgan fingerprint density at radius 3 is 2.42 bits per heavy atom. The van der Waals surface area contributed by atoms with E-state index in [1.54, 1.807) is 30.3 Å². The number of benzene rings is 4. The smallest absolute Gasteiger partial charge is 0.414 e. The van der Waals surface area contributed by atoms with Gasteiger partial charge in [-0.05, 0) is 59.2 Å². The quantitative estimate of drug-likeness (QED) is 0.168. The first kappa shape index (κ1) is 34.1. The minimum absolute atomic E-state index is 0. The highest BCUT2D eigenvalue weighted by Crippen LogP contribution is 2.30. The van der Waals surface area contributed by atoms with E-state index in [0.29, 0.717) is 30.9 Å². The number of amides is 2. The summed E-state index contributed by atoms with van der Waals surface area (Å²) in [5.74, 6) is 0.201. The van der Waals surface area contributed by atoms with Crippen LogP contribution in [0.5, 0.6) is 5.75 Å². The van der Waals surface area contributed by atoms with Crippen LogP contribution in [0.25, 0.3) is 11.1 Å². The Labute approximate surface area is 284 Å². The fourth-order valence-electron chi connectivity index (χ4n) is 5.55. The Hall–Kier alpha value is -5.26. The molecule has 0 aliphatic carbocycles. The van der Waals surface area contributed by atoms with Crippen molar-refractivity contribution < 1.29 is 23.5 Å². The second-order valence-corrected chi connectivity index (χ2v) is 11.3. The molecule has 1 aromatic heterocycles. The first-order chi connectivity index (χ1) is 22.9. The van der Waals surface area contributed by atoms with Gasteiger partial charge in [-0.2, -0.15) is 0 Å². The molecule has 1 aliphatic heterocycles. The molecule has 6 rings (SSSR count). The van der Waals surface area contributed by atoms with Crippen LogP contribution in [0.1, 0.15) is 23.7 Å². The van der Waals surface area contributed by atoms with Gasteiger partial charge in [0.25, 0.3) is 0 Å². The molecule has 1 N–H and O–H groups in total. The Bertz CT molecular complexity index is 1840. The zero-order valence-electron chi connectivity index (χ0n) is 26.6. The third-order valence-electron chi connectivity index (χ3n) is 8.06. The van der Waals surface area contributed by atoms with Gasteiger partial charge in [-0.3, -0.25) is 9.69 Å². The molecule has 48 heavy (non-hydrogen) atoms. The van der Waals surface area contributed by atoms with Gasteiger partial charge >= 0.3 is 6.09 Å². The number of cyclic esters (lactones) is 1. The van der Waals surface area contributed by atoms with Gasteiger partial charge < -0.3 is 19.7 Å². The summed E-state index contributed by atoms with van der Waals surface area (Å²) in [5.41, 5.74) is 5.37. The number of aromatic nitrogens is 3. The fourth-order valence-corrected chi connectivity index (χ4v) is 5.55. The molecular weight excluding hydrogens is 635 g/mol. The van der Waals surface area contributed by atoms with Crippen LogP contribution in [-0.2, 0) is 29.2 Å². The molecule has 0 saturated carbocycles. The van der Waals surface area contributed by atoms with Crippen molar-refractivity contribution in [3.05, 3.63) is 126 Å². The van der Waals surface area contributed by atoms with Gasteiger partial charge in [0.05, 0.1) is 44.3 Å². The summed E-state index contributed by atoms with van der Waals surface area (Å²) in [6.45, 7) is 3.67. The lowest BCUT2D eigenvalue weighted by atomic mass is 10.0. The van der Waals surface area contributed by atoms with Crippen molar-refractivity contribution >= 4 is 35.8 Å². The number of nitrogens with zero attached hydrogens (tertiary/aromatic N) is 5. The maximum Gasteiger partial charge on any atom is 0.414 e. The Balaban J connectivity index is 0.00000451. The van der Waals surface area contributed by atoms with E-state index in [9.17, 15) is 9.59 Å². The number of methoxy groups -OCH3 is 1. The summed E-state index contributed by atoms with van der Waals surface area (Å²) < 4.78 is 28.0. The predicted octanol–water partition coefficient (Wildman–Crippen LogP) is 6.23. The van der Waals surface area contributed by atoms with Crippen LogP contribution in [-0.4, -0.2) is 53.3 Å². The number of hydrogen-bond acceptors (Lipinski definition) is 7. The van der Waals surface area contributed by atoms with E-state index in [1.807, 2.05) is 83.5 Å². The van der Waals surface area contributed by atoms with Crippen LogP contribution in [0, 0.1) is 5.82 Å². The van der Waals surface area contributed by atoms with Crippen LogP contribution in [0.4, 0.5) is 20.6 Å². The van der Waals surface area contributed by atoms with Crippen molar-refractivity contribution in [2.75, 3.05) is 30.0 Å². The summed E-state index contributed by atoms with van der Waals surface area (Å²) in [5, 5.41) is 11.7. The van der Waals surface area contributed by atoms with Crippen molar-refractivity contribution in [2.24, 2.45) is 0 Å². The third kappa shape index (κ3) is 7.99. The van der Waals surface area contributed by atoms with Gasteiger partial charge in [0.1, 0.15) is 17.7 Å². The second-order valence-electron chi connectivity index (χ2n) is 11.3. The van der Waals surface area contributed by atoms with E-state index in [2.05, 4.69) is 15.6 Å². The van der Waals surface area contributed by atoms with Crippen molar-refractivity contribution in [3.63, 3.8) is 0 Å². The Kier molecular flexibility index (Phi) is 11.0. The number of rotatable bonds is 12. The highest BCUT2D eigenvalue weighted by atomic mass is 35.5. The first-order valence-corrected chi connectivity index (χ1v) is 15.3. The summed E-state index contributed by atoms with van der Waals surface area (Å²) in [6, 6.07) is 29.5. The minimum atomic E-state index is -0.574. The van der Waals surface area contributed by atoms with Crippen LogP contribution < -0.4 is 19.9 Å². The number of halogens is 2. The number of nitrogens with one attached hydrogen (secondary N) is 1. The number of carbonyl (C=O) groups is 2. The largest absolute Gasteiger partial charge is 0.497 e. The van der Waals surface area contributed by atoms with E-state index in [-0.39, 0.29) is 31.4 Å². The molecule has 1 atom stereocenters. The molecule has 0 bridgehead atoms. The zero-order chi connectivity index (χ0) is 32.8. The molecule has 1 unspecified atom stereocenters. The second kappa shape index (κ2) is 15.6. The molecule has 1 aliphatic rings. The maximum absolute atomic E-state index is 15.4. The summed E-state index contributed by atoms with van der Waals surface area (Å²) in [4.78, 5) is 28.0. The van der Waals surface area contributed by atoms with Crippen molar-refractivity contribution in [3.8, 4) is 16.9 Å². The normalized spacial score (nSPS) is 13.9. The fraction of sp³-hybridized carbons (Fsp3) is 0.222. The first-order valence-electron chi connectivity index (χ1n) is 15.3. The third-order valence-corrected chi connectivity index (χ3v) is 8.06. The lowest BCUT2D eigenvalue weighted by Gasteiger charge is -2.23. The van der Waals surface area contributed by atoms with Crippen molar-refractivity contribution in [1.82, 2.24) is 20.3 Å². The molecule has 0 radical (unpaired) electrons. The molecule has 2 heterocycles. The van der Waals surface area contributed by atoms with Crippen molar-refractivity contribution in [1.29, 1.82) is 0 Å². The highest BCUT2D eigenvalue weighted by Gasteiger charge is 2.34. The molecule has 10 nitrogen and oxygen atoms in total. The van der Waals surface area contributed by atoms with E-state index in [1.165, 1.54) is 17.9 Å². The van der Waals surface area contributed by atoms with Crippen molar-refractivity contribution in [2.45, 2.75) is 32.7 Å². The Morgan fingerprint density at radius 2 is 1.73 bits per heavy atom. The molecule has 2 amide bonds. The average molecular weight is 671 g/mol. The van der Waals surface area contributed by atoms with E-state index in [0.717, 1.165) is 33.8 Å². The number of carbonyl (C=O) groups excluding carboxylic acids is 2. The van der Waals surface area contributed by atoms with Gasteiger partial charge in [0, 0.05) is 31.3 Å². The molecule has 5 aromatic rings. The van der Waals surface area contributed by atoms with Crippen LogP contribution in [0.15, 0.2) is 103 Å². The Morgan fingerprint density at radius 1 is 1.00 bits per heavy atom. The van der Waals surface area contributed by atoms with E-state index < -0.39 is 18.0 Å². The van der Waals surface area contributed by atoms with Gasteiger partial charge in [0.15, 0.2) is 0 Å². The maximum atomic E-state index is 15.4. The lowest BCUT2D eigenvalue weighted by Crippen LogP contribution is -2.38. The molecule has 1 saturated heterocycles. The molecule has 1 fully saturated rings. The number of hydrogen-bond donors (Lipinski definition) is 1. The standard InChI is InChI=1S/C36H35FN6O4.ClH/c1-25(44)41(29-6-4-3-5-7-29)23-33-24-42(36(45)47-33)30-14-17-34(35(37)18-30)28-12-8-26(9-13-28)19-38-20-31-21-39-40-43(31)22-27-10-15-32(46-2)16-11-27;/h3-18,21,33,38H,19-20,22-24H2,1-2H3;1H. The van der Waals surface area contributed by atoms with Crippen LogP contribution in [0.3, 0.4) is 0 Å². The molecule has 0 spiro atoms. The minimum Gasteiger partial charge on any atom is -0.497 e. The monoisotopic (exact) mass is 670 g/mol. The highest BCUT2D eigenvalue weighted by molar-refractivity contribution is 5.93. The molecule has 248 valence electrons. The van der Waals surface area contributed by atoms with Crippen LogP contribution in [0.2, 0.25) is 0 Å². The summed E-state index contributed by atoms with van der Waals surface area (Å²) in [6.07, 6.45) is 0.621. The van der Waals surface area contributed by atoms with Gasteiger partial charge in [-0.1, -0.05) is 59.8 Å². The van der Waals surface area contributed by atoms with E-state index in [4.69, 9.17) is 9.47 Å². The van der Waals surface area contributed by atoms with Gasteiger partial charge in [-0.25, -0.2) is 13.9 Å². The van der Waals surface area contributed by atoms with Gasteiger partial charge in [0.2, 0.25) is 5.91 Å². The number of para-hydroxylation sites is 1. The summed E-state index contributed by atoms with van der Waals surface area (Å²) in [7, 11) is 1.64.